The van der Waals surface area contributed by atoms with Gasteiger partial charge in [-0.25, -0.2) is 9.82 Å². The van der Waals surface area contributed by atoms with Gasteiger partial charge in [-0.1, -0.05) is 35.9 Å². The minimum atomic E-state index is -0.979. The molecule has 0 bridgehead atoms. The Balaban J connectivity index is 1.92. The van der Waals surface area contributed by atoms with Crippen LogP contribution in [0.2, 0.25) is 5.02 Å². The number of anilines is 1. The first-order valence-corrected chi connectivity index (χ1v) is 6.58. The van der Waals surface area contributed by atoms with Crippen LogP contribution in [0.5, 0.6) is 0 Å². The Morgan fingerprint density at radius 3 is 2.59 bits per heavy atom. The van der Waals surface area contributed by atoms with Gasteiger partial charge >= 0.3 is 11.8 Å². The van der Waals surface area contributed by atoms with E-state index in [4.69, 9.17) is 11.6 Å². The predicted octanol–water partition coefficient (Wildman–Crippen LogP) is 2.57. The highest BCUT2D eigenvalue weighted by atomic mass is 35.5. The van der Waals surface area contributed by atoms with Crippen molar-refractivity contribution < 1.29 is 14.0 Å². The SMILES string of the molecule is O=C(N/N=C\c1ccccc1Cl)C(=O)Nc1cccc(F)c1. The zero-order valence-corrected chi connectivity index (χ0v) is 12.0. The van der Waals surface area contributed by atoms with E-state index in [0.717, 1.165) is 6.07 Å². The fourth-order valence-corrected chi connectivity index (χ4v) is 1.73. The number of benzene rings is 2. The summed E-state index contributed by atoms with van der Waals surface area (Å²) in [5.41, 5.74) is 2.83. The molecule has 0 aliphatic carbocycles. The molecule has 0 saturated carbocycles. The number of hydrazone groups is 1. The largest absolute Gasteiger partial charge is 0.329 e. The maximum Gasteiger partial charge on any atom is 0.329 e. The molecule has 0 spiro atoms. The van der Waals surface area contributed by atoms with Gasteiger partial charge in [0.1, 0.15) is 5.82 Å². The van der Waals surface area contributed by atoms with Crippen LogP contribution in [0.25, 0.3) is 0 Å². The van der Waals surface area contributed by atoms with Crippen LogP contribution in [0.3, 0.4) is 0 Å². The number of halogens is 2. The first kappa shape index (κ1) is 15.7. The van der Waals surface area contributed by atoms with E-state index in [2.05, 4.69) is 15.8 Å². The first-order chi connectivity index (χ1) is 10.6. The van der Waals surface area contributed by atoms with Gasteiger partial charge in [-0.2, -0.15) is 5.10 Å². The van der Waals surface area contributed by atoms with Crippen molar-refractivity contribution in [3.63, 3.8) is 0 Å². The highest BCUT2D eigenvalue weighted by molar-refractivity contribution is 6.39. The lowest BCUT2D eigenvalue weighted by Gasteiger charge is -2.03. The number of nitrogens with zero attached hydrogens (tertiary/aromatic N) is 1. The van der Waals surface area contributed by atoms with Crippen LogP contribution in [0.4, 0.5) is 10.1 Å². The van der Waals surface area contributed by atoms with Gasteiger partial charge in [-0.3, -0.25) is 9.59 Å². The van der Waals surface area contributed by atoms with E-state index in [1.165, 1.54) is 24.4 Å². The van der Waals surface area contributed by atoms with Crippen molar-refractivity contribution in [2.45, 2.75) is 0 Å². The number of rotatable bonds is 3. The van der Waals surface area contributed by atoms with E-state index in [-0.39, 0.29) is 5.69 Å². The van der Waals surface area contributed by atoms with Crippen molar-refractivity contribution in [3.8, 4) is 0 Å². The van der Waals surface area contributed by atoms with Crippen LogP contribution < -0.4 is 10.7 Å². The third-order valence-corrected chi connectivity index (χ3v) is 2.91. The summed E-state index contributed by atoms with van der Waals surface area (Å²) in [6.07, 6.45) is 1.32. The molecule has 22 heavy (non-hydrogen) atoms. The number of amides is 2. The molecule has 0 atom stereocenters. The molecule has 0 fully saturated rings. The van der Waals surface area contributed by atoms with Crippen LogP contribution >= 0.6 is 11.6 Å². The van der Waals surface area contributed by atoms with Crippen LogP contribution in [-0.4, -0.2) is 18.0 Å². The molecule has 5 nitrogen and oxygen atoms in total. The molecule has 2 N–H and O–H groups in total. The predicted molar refractivity (Wildman–Crippen MR) is 82.2 cm³/mol. The summed E-state index contributed by atoms with van der Waals surface area (Å²) < 4.78 is 13.0. The molecular formula is C15H11ClFN3O2. The van der Waals surface area contributed by atoms with Crippen LogP contribution in [0.15, 0.2) is 53.6 Å². The number of hydrogen-bond donors (Lipinski definition) is 2. The molecule has 0 heterocycles. The van der Waals surface area contributed by atoms with Crippen LogP contribution in [0, 0.1) is 5.82 Å². The summed E-state index contributed by atoms with van der Waals surface area (Å²) in [5.74, 6) is -2.45. The van der Waals surface area contributed by atoms with Crippen LogP contribution in [-0.2, 0) is 9.59 Å². The molecule has 2 rings (SSSR count). The Labute approximate surface area is 130 Å². The summed E-state index contributed by atoms with van der Waals surface area (Å²) in [6, 6.07) is 12.1. The smallest absolute Gasteiger partial charge is 0.318 e. The lowest BCUT2D eigenvalue weighted by Crippen LogP contribution is -2.32. The van der Waals surface area contributed by atoms with Crippen molar-refractivity contribution in [2.75, 3.05) is 5.32 Å². The molecule has 0 aliphatic rings. The topological polar surface area (TPSA) is 70.6 Å². The number of carbonyl (C=O) groups is 2. The zero-order valence-electron chi connectivity index (χ0n) is 11.2. The van der Waals surface area contributed by atoms with Gasteiger partial charge < -0.3 is 5.32 Å². The van der Waals surface area contributed by atoms with Crippen molar-refractivity contribution in [3.05, 3.63) is 64.9 Å². The van der Waals surface area contributed by atoms with E-state index < -0.39 is 17.6 Å². The zero-order chi connectivity index (χ0) is 15.9. The van der Waals surface area contributed by atoms with Crippen molar-refractivity contribution in [1.82, 2.24) is 5.43 Å². The summed E-state index contributed by atoms with van der Waals surface area (Å²) in [6.45, 7) is 0. The van der Waals surface area contributed by atoms with E-state index >= 15 is 0 Å². The fourth-order valence-electron chi connectivity index (χ4n) is 1.55. The monoisotopic (exact) mass is 319 g/mol. The van der Waals surface area contributed by atoms with Gasteiger partial charge in [-0.05, 0) is 24.3 Å². The second-order valence-electron chi connectivity index (χ2n) is 4.19. The minimum Gasteiger partial charge on any atom is -0.318 e. The Morgan fingerprint density at radius 1 is 1.09 bits per heavy atom. The summed E-state index contributed by atoms with van der Waals surface area (Å²) in [5, 5.41) is 6.35. The number of nitrogens with one attached hydrogen (secondary N) is 2. The lowest BCUT2D eigenvalue weighted by molar-refractivity contribution is -0.136. The lowest BCUT2D eigenvalue weighted by atomic mass is 10.2. The quantitative estimate of drug-likeness (QED) is 0.518. The Hall–Kier alpha value is -2.73. The van der Waals surface area contributed by atoms with Crippen molar-refractivity contribution >= 4 is 35.3 Å². The van der Waals surface area contributed by atoms with Gasteiger partial charge in [-0.15, -0.1) is 0 Å². The molecule has 112 valence electrons. The van der Waals surface area contributed by atoms with Crippen molar-refractivity contribution in [1.29, 1.82) is 0 Å². The molecule has 2 amide bonds. The maximum atomic E-state index is 13.0. The summed E-state index contributed by atoms with van der Waals surface area (Å²) >= 11 is 5.91. The van der Waals surface area contributed by atoms with E-state index in [0.29, 0.717) is 10.6 Å². The Morgan fingerprint density at radius 2 is 1.86 bits per heavy atom. The highest BCUT2D eigenvalue weighted by Crippen LogP contribution is 2.12. The van der Waals surface area contributed by atoms with E-state index in [1.54, 1.807) is 24.3 Å². The second kappa shape index (κ2) is 7.33. The molecule has 0 unspecified atom stereocenters. The molecule has 0 radical (unpaired) electrons. The van der Waals surface area contributed by atoms with Gasteiger partial charge in [0.25, 0.3) is 0 Å². The van der Waals surface area contributed by atoms with Gasteiger partial charge in [0.05, 0.1) is 6.21 Å². The standard InChI is InChI=1S/C15H11ClFN3O2/c16-13-7-2-1-4-10(13)9-18-20-15(22)14(21)19-12-6-3-5-11(17)8-12/h1-9H,(H,19,21)(H,20,22)/b18-9-. The first-order valence-electron chi connectivity index (χ1n) is 6.21. The molecule has 2 aromatic rings. The molecule has 0 aliphatic heterocycles. The normalized spacial score (nSPS) is 10.5. The minimum absolute atomic E-state index is 0.176. The third-order valence-electron chi connectivity index (χ3n) is 2.56. The third kappa shape index (κ3) is 4.39. The van der Waals surface area contributed by atoms with Crippen LogP contribution in [0.1, 0.15) is 5.56 Å². The molecule has 0 saturated heterocycles. The highest BCUT2D eigenvalue weighted by Gasteiger charge is 2.12. The number of carbonyl (C=O) groups excluding carboxylic acids is 2. The van der Waals surface area contributed by atoms with Gasteiger partial charge in [0.15, 0.2) is 0 Å². The van der Waals surface area contributed by atoms with E-state index in [9.17, 15) is 14.0 Å². The summed E-state index contributed by atoms with van der Waals surface area (Å²) in [7, 11) is 0. The Kier molecular flexibility index (Phi) is 5.21. The number of hydrogen-bond acceptors (Lipinski definition) is 3. The van der Waals surface area contributed by atoms with Gasteiger partial charge in [0, 0.05) is 16.3 Å². The molecular weight excluding hydrogens is 309 g/mol. The average molecular weight is 320 g/mol. The molecule has 7 heteroatoms. The maximum absolute atomic E-state index is 13.0. The summed E-state index contributed by atoms with van der Waals surface area (Å²) in [4.78, 5) is 23.1. The molecule has 2 aromatic carbocycles. The molecule has 0 aromatic heterocycles. The second-order valence-corrected chi connectivity index (χ2v) is 4.59. The van der Waals surface area contributed by atoms with Crippen molar-refractivity contribution in [2.24, 2.45) is 5.10 Å². The Bertz CT molecular complexity index is 734. The fraction of sp³-hybridized carbons (Fsp3) is 0. The van der Waals surface area contributed by atoms with Gasteiger partial charge in [0.2, 0.25) is 0 Å². The average Bonchev–Trinajstić information content (AvgIpc) is 2.49. The van der Waals surface area contributed by atoms with E-state index in [1.807, 2.05) is 0 Å².